The van der Waals surface area contributed by atoms with Crippen molar-refractivity contribution < 1.29 is 9.21 Å². The number of hydrogen-bond donors (Lipinski definition) is 1. The molecule has 2 rings (SSSR count). The van der Waals surface area contributed by atoms with Gasteiger partial charge in [-0.3, -0.25) is 4.79 Å². The van der Waals surface area contributed by atoms with E-state index in [0.717, 1.165) is 27.0 Å². The second-order valence-electron chi connectivity index (χ2n) is 4.69. The summed E-state index contributed by atoms with van der Waals surface area (Å²) in [6.45, 7) is 7.55. The summed E-state index contributed by atoms with van der Waals surface area (Å²) < 4.78 is 6.43. The van der Waals surface area contributed by atoms with E-state index < -0.39 is 0 Å². The molecule has 0 atom stereocenters. The Labute approximate surface area is 121 Å². The number of carbonyl (C=O) groups excluding carboxylic acids is 1. The van der Waals surface area contributed by atoms with Gasteiger partial charge >= 0.3 is 0 Å². The van der Waals surface area contributed by atoms with Crippen LogP contribution >= 0.6 is 15.9 Å². The van der Waals surface area contributed by atoms with Crippen molar-refractivity contribution in [3.8, 4) is 0 Å². The van der Waals surface area contributed by atoms with E-state index in [4.69, 9.17) is 4.42 Å². The molecule has 1 aromatic carbocycles. The van der Waals surface area contributed by atoms with Gasteiger partial charge in [0.2, 0.25) is 0 Å². The molecule has 2 aromatic rings. The summed E-state index contributed by atoms with van der Waals surface area (Å²) >= 11 is 3.42. The first-order valence-corrected chi connectivity index (χ1v) is 6.83. The summed E-state index contributed by atoms with van der Waals surface area (Å²) in [5, 5.41) is 2.91. The molecule has 19 heavy (non-hydrogen) atoms. The topological polar surface area (TPSA) is 42.2 Å². The molecule has 0 bridgehead atoms. The SMILES string of the molecule is Cc1cc(Br)cc(NC(=O)c2c(C)oc(C)c2C)c1. The highest BCUT2D eigenvalue weighted by Gasteiger charge is 2.18. The maximum atomic E-state index is 12.3. The van der Waals surface area contributed by atoms with E-state index in [2.05, 4.69) is 21.2 Å². The summed E-state index contributed by atoms with van der Waals surface area (Å²) in [6.07, 6.45) is 0. The second-order valence-corrected chi connectivity index (χ2v) is 5.60. The first-order chi connectivity index (χ1) is 8.88. The Kier molecular flexibility index (Phi) is 3.80. The van der Waals surface area contributed by atoms with Gasteiger partial charge in [0.25, 0.3) is 5.91 Å². The zero-order chi connectivity index (χ0) is 14.2. The van der Waals surface area contributed by atoms with Crippen molar-refractivity contribution in [3.63, 3.8) is 0 Å². The van der Waals surface area contributed by atoms with Crippen LogP contribution in [0.15, 0.2) is 27.1 Å². The zero-order valence-corrected chi connectivity index (χ0v) is 13.0. The van der Waals surface area contributed by atoms with Gasteiger partial charge < -0.3 is 9.73 Å². The summed E-state index contributed by atoms with van der Waals surface area (Å²) in [4.78, 5) is 12.3. The van der Waals surface area contributed by atoms with Gasteiger partial charge in [-0.1, -0.05) is 15.9 Å². The average molecular weight is 322 g/mol. The van der Waals surface area contributed by atoms with Crippen molar-refractivity contribution in [2.75, 3.05) is 5.32 Å². The molecule has 0 aliphatic carbocycles. The Balaban J connectivity index is 2.30. The van der Waals surface area contributed by atoms with E-state index in [1.165, 1.54) is 0 Å². The van der Waals surface area contributed by atoms with Crippen molar-refractivity contribution in [1.82, 2.24) is 0 Å². The number of nitrogens with one attached hydrogen (secondary N) is 1. The summed E-state index contributed by atoms with van der Waals surface area (Å²) in [7, 11) is 0. The first-order valence-electron chi connectivity index (χ1n) is 6.03. The van der Waals surface area contributed by atoms with E-state index in [-0.39, 0.29) is 5.91 Å². The van der Waals surface area contributed by atoms with Crippen molar-refractivity contribution in [3.05, 3.63) is 50.9 Å². The molecule has 0 fully saturated rings. The first kappa shape index (κ1) is 13.9. The highest BCUT2D eigenvalue weighted by atomic mass is 79.9. The minimum atomic E-state index is -0.135. The number of halogens is 1. The van der Waals surface area contributed by atoms with Gasteiger partial charge in [-0.05, 0) is 51.5 Å². The van der Waals surface area contributed by atoms with Gasteiger partial charge in [-0.2, -0.15) is 0 Å². The fourth-order valence-corrected chi connectivity index (χ4v) is 2.74. The van der Waals surface area contributed by atoms with Crippen LogP contribution in [0, 0.1) is 27.7 Å². The molecule has 0 aliphatic rings. The van der Waals surface area contributed by atoms with Crippen LogP contribution in [0.25, 0.3) is 0 Å². The Morgan fingerprint density at radius 3 is 2.32 bits per heavy atom. The number of rotatable bonds is 2. The van der Waals surface area contributed by atoms with Crippen LogP contribution in [-0.2, 0) is 0 Å². The largest absolute Gasteiger partial charge is 0.466 e. The predicted molar refractivity (Wildman–Crippen MR) is 79.8 cm³/mol. The third-order valence-corrected chi connectivity index (χ3v) is 3.55. The number of amides is 1. The van der Waals surface area contributed by atoms with Gasteiger partial charge in [-0.25, -0.2) is 0 Å². The van der Waals surface area contributed by atoms with E-state index in [0.29, 0.717) is 11.3 Å². The van der Waals surface area contributed by atoms with Gasteiger partial charge in [0.05, 0.1) is 5.56 Å². The molecule has 0 aliphatic heterocycles. The molecule has 0 unspecified atom stereocenters. The molecule has 4 heteroatoms. The maximum Gasteiger partial charge on any atom is 0.259 e. The number of anilines is 1. The smallest absolute Gasteiger partial charge is 0.259 e. The van der Waals surface area contributed by atoms with E-state index in [9.17, 15) is 4.79 Å². The number of carbonyl (C=O) groups is 1. The minimum Gasteiger partial charge on any atom is -0.466 e. The van der Waals surface area contributed by atoms with Gasteiger partial charge in [-0.15, -0.1) is 0 Å². The molecular weight excluding hydrogens is 306 g/mol. The van der Waals surface area contributed by atoms with Crippen LogP contribution in [0.5, 0.6) is 0 Å². The highest BCUT2D eigenvalue weighted by molar-refractivity contribution is 9.10. The fourth-order valence-electron chi connectivity index (χ4n) is 2.13. The number of hydrogen-bond acceptors (Lipinski definition) is 2. The quantitative estimate of drug-likeness (QED) is 0.883. The molecule has 0 radical (unpaired) electrons. The Morgan fingerprint density at radius 1 is 1.11 bits per heavy atom. The number of furan rings is 1. The molecule has 1 amide bonds. The van der Waals surface area contributed by atoms with Gasteiger partial charge in [0.1, 0.15) is 11.5 Å². The van der Waals surface area contributed by atoms with Gasteiger partial charge in [0.15, 0.2) is 0 Å². The lowest BCUT2D eigenvalue weighted by molar-refractivity contribution is 0.102. The fraction of sp³-hybridized carbons (Fsp3) is 0.267. The van der Waals surface area contributed by atoms with E-state index in [1.54, 1.807) is 6.92 Å². The maximum absolute atomic E-state index is 12.3. The molecule has 100 valence electrons. The third kappa shape index (κ3) is 2.89. The van der Waals surface area contributed by atoms with Gasteiger partial charge in [0, 0.05) is 15.7 Å². The predicted octanol–water partition coefficient (Wildman–Crippen LogP) is 4.53. The molecular formula is C15H16BrNO2. The monoisotopic (exact) mass is 321 g/mol. The Hall–Kier alpha value is -1.55. The standard InChI is InChI=1S/C15H16BrNO2/c1-8-5-12(16)7-13(6-8)17-15(18)14-9(2)10(3)19-11(14)4/h5-7H,1-4H3,(H,17,18). The van der Waals surface area contributed by atoms with Crippen molar-refractivity contribution >= 4 is 27.5 Å². The van der Waals surface area contributed by atoms with Crippen LogP contribution in [0.4, 0.5) is 5.69 Å². The van der Waals surface area contributed by atoms with E-state index in [1.807, 2.05) is 39.0 Å². The van der Waals surface area contributed by atoms with Crippen LogP contribution in [0.3, 0.4) is 0 Å². The van der Waals surface area contributed by atoms with Crippen molar-refractivity contribution in [2.24, 2.45) is 0 Å². The molecule has 3 nitrogen and oxygen atoms in total. The second kappa shape index (κ2) is 5.21. The molecule has 0 saturated heterocycles. The van der Waals surface area contributed by atoms with Crippen LogP contribution in [-0.4, -0.2) is 5.91 Å². The van der Waals surface area contributed by atoms with Crippen molar-refractivity contribution in [1.29, 1.82) is 0 Å². The Bertz CT molecular complexity index is 624. The van der Waals surface area contributed by atoms with Crippen LogP contribution < -0.4 is 5.32 Å². The lowest BCUT2D eigenvalue weighted by Gasteiger charge is -2.07. The minimum absolute atomic E-state index is 0.135. The van der Waals surface area contributed by atoms with E-state index >= 15 is 0 Å². The van der Waals surface area contributed by atoms with Crippen LogP contribution in [0.1, 0.15) is 33.0 Å². The summed E-state index contributed by atoms with van der Waals surface area (Å²) in [5.41, 5.74) is 3.37. The normalized spacial score (nSPS) is 10.6. The lowest BCUT2D eigenvalue weighted by atomic mass is 10.1. The summed E-state index contributed by atoms with van der Waals surface area (Å²) in [6, 6.07) is 5.80. The number of aryl methyl sites for hydroxylation is 3. The Morgan fingerprint density at radius 2 is 1.79 bits per heavy atom. The molecule has 1 heterocycles. The third-order valence-electron chi connectivity index (χ3n) is 3.09. The molecule has 1 aromatic heterocycles. The zero-order valence-electron chi connectivity index (χ0n) is 11.4. The van der Waals surface area contributed by atoms with Crippen molar-refractivity contribution in [2.45, 2.75) is 27.7 Å². The molecule has 0 saturated carbocycles. The molecule has 1 N–H and O–H groups in total. The molecule has 0 spiro atoms. The van der Waals surface area contributed by atoms with Crippen LogP contribution in [0.2, 0.25) is 0 Å². The average Bonchev–Trinajstić information content (AvgIpc) is 2.51. The number of benzene rings is 1. The summed E-state index contributed by atoms with van der Waals surface area (Å²) in [5.74, 6) is 1.30. The lowest BCUT2D eigenvalue weighted by Crippen LogP contribution is -2.13. The highest BCUT2D eigenvalue weighted by Crippen LogP contribution is 2.24.